The molecule has 4 rings (SSSR count). The molecule has 1 aliphatic carbocycles. The molecule has 1 aromatic carbocycles. The van der Waals surface area contributed by atoms with Gasteiger partial charge < -0.3 is 24.8 Å². The molecule has 0 radical (unpaired) electrons. The lowest BCUT2D eigenvalue weighted by molar-refractivity contribution is -0.136. The molecule has 29 heavy (non-hydrogen) atoms. The normalized spacial score (nSPS) is 20.7. The van der Waals surface area contributed by atoms with Gasteiger partial charge in [0.15, 0.2) is 0 Å². The van der Waals surface area contributed by atoms with Gasteiger partial charge in [0, 0.05) is 63.0 Å². The summed E-state index contributed by atoms with van der Waals surface area (Å²) in [5.74, 6) is 0.209. The fraction of sp³-hybridized carbons (Fsp3) is 0.591. The molecule has 6 nitrogen and oxygen atoms in total. The summed E-state index contributed by atoms with van der Waals surface area (Å²) >= 11 is 6.47. The third kappa shape index (κ3) is 4.45. The maximum absolute atomic E-state index is 13.3. The second kappa shape index (κ2) is 9.04. The number of rotatable bonds is 8. The van der Waals surface area contributed by atoms with Crippen LogP contribution < -0.4 is 10.6 Å². The van der Waals surface area contributed by atoms with E-state index in [9.17, 15) is 4.79 Å². The predicted octanol–water partition coefficient (Wildman–Crippen LogP) is 2.94. The Hall–Kier alpha value is -1.60. The molecule has 1 saturated carbocycles. The summed E-state index contributed by atoms with van der Waals surface area (Å²) < 4.78 is 7.39. The van der Waals surface area contributed by atoms with Crippen molar-refractivity contribution in [3.05, 3.63) is 35.0 Å². The van der Waals surface area contributed by atoms with E-state index >= 15 is 0 Å². The van der Waals surface area contributed by atoms with Crippen molar-refractivity contribution in [3.8, 4) is 0 Å². The Labute approximate surface area is 177 Å². The molecule has 1 unspecified atom stereocenters. The van der Waals surface area contributed by atoms with Crippen molar-refractivity contribution in [2.24, 2.45) is 0 Å². The fourth-order valence-electron chi connectivity index (χ4n) is 4.30. The number of fused-ring (bicyclic) bond motifs is 1. The van der Waals surface area contributed by atoms with E-state index in [1.54, 1.807) is 7.11 Å². The first-order valence-corrected chi connectivity index (χ1v) is 11.0. The Bertz CT molecular complexity index is 858. The van der Waals surface area contributed by atoms with Crippen molar-refractivity contribution in [2.45, 2.75) is 50.9 Å². The van der Waals surface area contributed by atoms with Crippen molar-refractivity contribution in [1.29, 1.82) is 0 Å². The molecule has 1 aromatic heterocycles. The Morgan fingerprint density at radius 2 is 2.21 bits per heavy atom. The fourth-order valence-corrected chi connectivity index (χ4v) is 4.57. The van der Waals surface area contributed by atoms with Crippen LogP contribution in [0.5, 0.6) is 0 Å². The highest BCUT2D eigenvalue weighted by molar-refractivity contribution is 6.35. The number of halogens is 1. The zero-order valence-electron chi connectivity index (χ0n) is 17.3. The number of aryl methyl sites for hydroxylation is 1. The number of carbonyl (C=O) groups excluding carboxylic acids is 1. The average Bonchev–Trinajstić information content (AvgIpc) is 3.53. The molecular weight excluding hydrogens is 388 g/mol. The third-order valence-electron chi connectivity index (χ3n) is 6.04. The van der Waals surface area contributed by atoms with E-state index in [4.69, 9.17) is 16.3 Å². The highest BCUT2D eigenvalue weighted by Gasteiger charge is 2.39. The van der Waals surface area contributed by atoms with Crippen molar-refractivity contribution in [1.82, 2.24) is 20.1 Å². The predicted molar refractivity (Wildman–Crippen MR) is 116 cm³/mol. The molecule has 2 aliphatic rings. The van der Waals surface area contributed by atoms with Crippen LogP contribution in [0.2, 0.25) is 5.02 Å². The standard InChI is InChI=1S/C22H31ClN4O2/c1-15(27(17-5-6-17)22(28)20-13-24-8-9-25-20)16-4-7-18-19(23)14-26(21(18)12-16)10-3-11-29-2/h4,7,12,14-15,17,20,24-25H,3,5-6,8-11,13H2,1-2H3/t15-,20?/m1/s1. The zero-order chi connectivity index (χ0) is 20.4. The van der Waals surface area contributed by atoms with Crippen LogP contribution in [-0.2, 0) is 16.1 Å². The van der Waals surface area contributed by atoms with Crippen LogP contribution in [0.1, 0.15) is 37.8 Å². The number of ether oxygens (including phenoxy) is 1. The summed E-state index contributed by atoms with van der Waals surface area (Å²) in [4.78, 5) is 15.4. The van der Waals surface area contributed by atoms with E-state index in [0.29, 0.717) is 12.6 Å². The number of benzene rings is 1. The number of piperazine rings is 1. The van der Waals surface area contributed by atoms with Gasteiger partial charge in [0.05, 0.1) is 17.1 Å². The number of methoxy groups -OCH3 is 1. The summed E-state index contributed by atoms with van der Waals surface area (Å²) in [6.45, 7) is 6.18. The van der Waals surface area contributed by atoms with Gasteiger partial charge in [0.25, 0.3) is 0 Å². The van der Waals surface area contributed by atoms with E-state index in [2.05, 4.69) is 45.2 Å². The van der Waals surface area contributed by atoms with Crippen molar-refractivity contribution < 1.29 is 9.53 Å². The molecule has 1 amide bonds. The summed E-state index contributed by atoms with van der Waals surface area (Å²) in [6.07, 6.45) is 5.12. The molecule has 2 fully saturated rings. The molecule has 0 bridgehead atoms. The molecule has 2 atom stereocenters. The number of hydrogen-bond acceptors (Lipinski definition) is 4. The lowest BCUT2D eigenvalue weighted by Gasteiger charge is -2.35. The second-order valence-electron chi connectivity index (χ2n) is 8.16. The molecule has 1 aliphatic heterocycles. The van der Waals surface area contributed by atoms with Crippen LogP contribution in [-0.4, -0.2) is 60.8 Å². The van der Waals surface area contributed by atoms with Crippen LogP contribution in [0.25, 0.3) is 10.9 Å². The lowest BCUT2D eigenvalue weighted by atomic mass is 10.0. The van der Waals surface area contributed by atoms with Crippen molar-refractivity contribution in [2.75, 3.05) is 33.4 Å². The Morgan fingerprint density at radius 1 is 1.38 bits per heavy atom. The number of amides is 1. The number of nitrogens with one attached hydrogen (secondary N) is 2. The van der Waals surface area contributed by atoms with Crippen LogP contribution in [0.15, 0.2) is 24.4 Å². The van der Waals surface area contributed by atoms with E-state index in [-0.39, 0.29) is 18.0 Å². The Kier molecular flexibility index (Phi) is 6.44. The van der Waals surface area contributed by atoms with Crippen LogP contribution in [0, 0.1) is 0 Å². The van der Waals surface area contributed by atoms with Gasteiger partial charge in [0.2, 0.25) is 5.91 Å². The maximum Gasteiger partial charge on any atom is 0.241 e. The van der Waals surface area contributed by atoms with Crippen molar-refractivity contribution in [3.63, 3.8) is 0 Å². The first kappa shape index (κ1) is 20.7. The molecule has 2 heterocycles. The minimum absolute atomic E-state index is 0.0317. The molecule has 7 heteroatoms. The van der Waals surface area contributed by atoms with E-state index in [0.717, 1.165) is 67.0 Å². The second-order valence-corrected chi connectivity index (χ2v) is 8.56. The number of nitrogens with zero attached hydrogens (tertiary/aromatic N) is 2. The third-order valence-corrected chi connectivity index (χ3v) is 6.34. The van der Waals surface area contributed by atoms with E-state index in [1.807, 2.05) is 6.20 Å². The number of hydrogen-bond donors (Lipinski definition) is 2. The number of aromatic nitrogens is 1. The first-order chi connectivity index (χ1) is 14.1. The van der Waals surface area contributed by atoms with Crippen LogP contribution in [0.4, 0.5) is 0 Å². The topological polar surface area (TPSA) is 58.5 Å². The minimum atomic E-state index is -0.136. The van der Waals surface area contributed by atoms with Gasteiger partial charge in [-0.2, -0.15) is 0 Å². The van der Waals surface area contributed by atoms with Gasteiger partial charge in [-0.25, -0.2) is 0 Å². The van der Waals surface area contributed by atoms with Gasteiger partial charge in [-0.05, 0) is 37.8 Å². The van der Waals surface area contributed by atoms with E-state index in [1.165, 1.54) is 0 Å². The van der Waals surface area contributed by atoms with Crippen molar-refractivity contribution >= 4 is 28.4 Å². The highest BCUT2D eigenvalue weighted by Crippen LogP contribution is 2.36. The Balaban J connectivity index is 1.59. The van der Waals surface area contributed by atoms with Crippen LogP contribution >= 0.6 is 11.6 Å². The summed E-state index contributed by atoms with van der Waals surface area (Å²) in [5, 5.41) is 8.53. The minimum Gasteiger partial charge on any atom is -0.385 e. The summed E-state index contributed by atoms with van der Waals surface area (Å²) in [7, 11) is 1.72. The summed E-state index contributed by atoms with van der Waals surface area (Å²) in [6, 6.07) is 6.66. The monoisotopic (exact) mass is 418 g/mol. The number of carbonyl (C=O) groups is 1. The van der Waals surface area contributed by atoms with Crippen LogP contribution in [0.3, 0.4) is 0 Å². The zero-order valence-corrected chi connectivity index (χ0v) is 18.0. The molecule has 2 N–H and O–H groups in total. The smallest absolute Gasteiger partial charge is 0.241 e. The average molecular weight is 419 g/mol. The molecule has 0 spiro atoms. The molecule has 158 valence electrons. The van der Waals surface area contributed by atoms with Gasteiger partial charge in [-0.1, -0.05) is 23.7 Å². The largest absolute Gasteiger partial charge is 0.385 e. The quantitative estimate of drug-likeness (QED) is 0.647. The molecule has 2 aromatic rings. The first-order valence-electron chi connectivity index (χ1n) is 10.6. The highest BCUT2D eigenvalue weighted by atomic mass is 35.5. The Morgan fingerprint density at radius 3 is 2.90 bits per heavy atom. The summed E-state index contributed by atoms with van der Waals surface area (Å²) in [5.41, 5.74) is 2.28. The molecular formula is C22H31ClN4O2. The maximum atomic E-state index is 13.3. The SMILES string of the molecule is COCCCn1cc(Cl)c2ccc([C@@H](C)N(C(=O)C3CNCCN3)C3CC3)cc21. The van der Waals surface area contributed by atoms with Gasteiger partial charge in [-0.15, -0.1) is 0 Å². The molecule has 1 saturated heterocycles. The van der Waals surface area contributed by atoms with Gasteiger partial charge >= 0.3 is 0 Å². The van der Waals surface area contributed by atoms with E-state index < -0.39 is 0 Å². The lowest BCUT2D eigenvalue weighted by Crippen LogP contribution is -2.57. The van der Waals surface area contributed by atoms with Gasteiger partial charge in [-0.3, -0.25) is 4.79 Å². The van der Waals surface area contributed by atoms with Gasteiger partial charge in [0.1, 0.15) is 0 Å².